The highest BCUT2D eigenvalue weighted by atomic mass is 79.9. The van der Waals surface area contributed by atoms with Crippen LogP contribution in [0, 0.1) is 25.2 Å². The van der Waals surface area contributed by atoms with Crippen molar-refractivity contribution in [1.82, 2.24) is 4.98 Å². The van der Waals surface area contributed by atoms with Gasteiger partial charge in [-0.05, 0) is 37.1 Å². The van der Waals surface area contributed by atoms with Crippen molar-refractivity contribution in [2.45, 2.75) is 13.8 Å². The number of hydrogen-bond donors (Lipinski definition) is 1. The quantitative estimate of drug-likeness (QED) is 0.663. The molecule has 0 radical (unpaired) electrons. The number of nitrogens with two attached hydrogens (primary N) is 1. The molecule has 0 spiro atoms. The molecule has 0 saturated heterocycles. The minimum atomic E-state index is 0.251. The van der Waals surface area contributed by atoms with Crippen molar-refractivity contribution in [2.75, 3.05) is 5.73 Å². The van der Waals surface area contributed by atoms with E-state index in [1.54, 1.807) is 0 Å². The minimum absolute atomic E-state index is 0.251. The van der Waals surface area contributed by atoms with Gasteiger partial charge in [0.25, 0.3) is 0 Å². The summed E-state index contributed by atoms with van der Waals surface area (Å²) in [5.41, 5.74) is 12.3. The van der Waals surface area contributed by atoms with E-state index in [0.29, 0.717) is 5.56 Å². The summed E-state index contributed by atoms with van der Waals surface area (Å²) in [6.07, 6.45) is 0. The Morgan fingerprint density at radius 1 is 1.00 bits per heavy atom. The number of rotatable bonds is 2. The summed E-state index contributed by atoms with van der Waals surface area (Å²) in [6, 6.07) is 18.1. The molecule has 0 atom stereocenters. The van der Waals surface area contributed by atoms with Crippen LogP contribution in [0.3, 0.4) is 0 Å². The van der Waals surface area contributed by atoms with E-state index in [4.69, 9.17) is 5.73 Å². The molecule has 3 nitrogen and oxygen atoms in total. The first-order chi connectivity index (χ1) is 11.5. The average molecular weight is 378 g/mol. The van der Waals surface area contributed by atoms with Crippen LogP contribution in [0.15, 0.2) is 53.0 Å². The zero-order valence-corrected chi connectivity index (χ0v) is 15.1. The SMILES string of the molecule is Cc1ccc(-c2cc(-c3ccccc3Br)nc(N)c2C#N)c(C)c1. The predicted molar refractivity (Wildman–Crippen MR) is 101 cm³/mol. The van der Waals surface area contributed by atoms with Crippen LogP contribution in [0.25, 0.3) is 22.4 Å². The molecule has 1 heterocycles. The highest BCUT2D eigenvalue weighted by Crippen LogP contribution is 2.35. The standard InChI is InChI=1S/C20H16BrN3/c1-12-7-8-14(13(2)9-12)16-10-19(24-20(23)17(16)11-22)15-5-3-4-6-18(15)21/h3-10H,1-2H3,(H2,23,24). The Hall–Kier alpha value is -2.64. The molecule has 4 heteroatoms. The lowest BCUT2D eigenvalue weighted by Crippen LogP contribution is -2.00. The van der Waals surface area contributed by atoms with Gasteiger partial charge in [-0.15, -0.1) is 0 Å². The summed E-state index contributed by atoms with van der Waals surface area (Å²) in [5.74, 6) is 0.251. The third-order valence-corrected chi connectivity index (χ3v) is 4.67. The van der Waals surface area contributed by atoms with Gasteiger partial charge in [-0.2, -0.15) is 5.26 Å². The fourth-order valence-electron chi connectivity index (χ4n) is 2.82. The Bertz CT molecular complexity index is 971. The zero-order chi connectivity index (χ0) is 17.3. The highest BCUT2D eigenvalue weighted by molar-refractivity contribution is 9.10. The normalized spacial score (nSPS) is 10.4. The van der Waals surface area contributed by atoms with Crippen LogP contribution in [-0.2, 0) is 0 Å². The van der Waals surface area contributed by atoms with Gasteiger partial charge in [-0.3, -0.25) is 0 Å². The maximum Gasteiger partial charge on any atom is 0.142 e. The molecular formula is C20H16BrN3. The third kappa shape index (κ3) is 2.91. The van der Waals surface area contributed by atoms with Gasteiger partial charge in [-0.25, -0.2) is 4.98 Å². The van der Waals surface area contributed by atoms with Crippen molar-refractivity contribution >= 4 is 21.7 Å². The maximum atomic E-state index is 9.54. The van der Waals surface area contributed by atoms with Crippen LogP contribution in [0.1, 0.15) is 16.7 Å². The van der Waals surface area contributed by atoms with E-state index in [1.165, 1.54) is 5.56 Å². The van der Waals surface area contributed by atoms with Crippen LogP contribution in [0.5, 0.6) is 0 Å². The van der Waals surface area contributed by atoms with Crippen LogP contribution in [0.2, 0.25) is 0 Å². The second-order valence-corrected chi connectivity index (χ2v) is 6.58. The Morgan fingerprint density at radius 3 is 2.42 bits per heavy atom. The first kappa shape index (κ1) is 16.2. The monoisotopic (exact) mass is 377 g/mol. The van der Waals surface area contributed by atoms with E-state index < -0.39 is 0 Å². The molecule has 0 fully saturated rings. The van der Waals surface area contributed by atoms with E-state index in [9.17, 15) is 5.26 Å². The van der Waals surface area contributed by atoms with Crippen molar-refractivity contribution in [1.29, 1.82) is 5.26 Å². The third-order valence-electron chi connectivity index (χ3n) is 3.98. The van der Waals surface area contributed by atoms with Gasteiger partial charge in [-0.1, -0.05) is 57.9 Å². The second-order valence-electron chi connectivity index (χ2n) is 5.73. The van der Waals surface area contributed by atoms with Crippen LogP contribution in [0.4, 0.5) is 5.82 Å². The lowest BCUT2D eigenvalue weighted by atomic mass is 9.94. The predicted octanol–water partition coefficient (Wildman–Crippen LogP) is 5.25. The summed E-state index contributed by atoms with van der Waals surface area (Å²) in [5, 5.41) is 9.54. The minimum Gasteiger partial charge on any atom is -0.383 e. The molecule has 2 N–H and O–H groups in total. The number of nitriles is 1. The van der Waals surface area contributed by atoms with E-state index in [2.05, 4.69) is 40.0 Å². The van der Waals surface area contributed by atoms with E-state index in [1.807, 2.05) is 49.4 Å². The van der Waals surface area contributed by atoms with Crippen molar-refractivity contribution in [3.8, 4) is 28.5 Å². The van der Waals surface area contributed by atoms with Gasteiger partial charge >= 0.3 is 0 Å². The van der Waals surface area contributed by atoms with Crippen LogP contribution < -0.4 is 5.73 Å². The van der Waals surface area contributed by atoms with Crippen LogP contribution >= 0.6 is 15.9 Å². The van der Waals surface area contributed by atoms with Crippen molar-refractivity contribution in [3.05, 3.63) is 69.7 Å². The van der Waals surface area contributed by atoms with Crippen molar-refractivity contribution in [3.63, 3.8) is 0 Å². The van der Waals surface area contributed by atoms with Crippen molar-refractivity contribution in [2.24, 2.45) is 0 Å². The number of aromatic nitrogens is 1. The average Bonchev–Trinajstić information content (AvgIpc) is 2.54. The topological polar surface area (TPSA) is 62.7 Å². The van der Waals surface area contributed by atoms with Gasteiger partial charge in [0.15, 0.2) is 0 Å². The number of halogens is 1. The molecule has 0 aliphatic rings. The largest absolute Gasteiger partial charge is 0.383 e. The molecule has 3 aromatic rings. The molecule has 1 aromatic heterocycles. The Kier molecular flexibility index (Phi) is 4.37. The van der Waals surface area contributed by atoms with Crippen molar-refractivity contribution < 1.29 is 0 Å². The molecule has 118 valence electrons. The fourth-order valence-corrected chi connectivity index (χ4v) is 3.31. The molecule has 24 heavy (non-hydrogen) atoms. The molecule has 3 rings (SSSR count). The van der Waals surface area contributed by atoms with E-state index in [0.717, 1.165) is 32.4 Å². The Balaban J connectivity index is 2.29. The number of nitrogens with zero attached hydrogens (tertiary/aromatic N) is 2. The van der Waals surface area contributed by atoms with Gasteiger partial charge in [0, 0.05) is 15.6 Å². The number of anilines is 1. The lowest BCUT2D eigenvalue weighted by Gasteiger charge is -2.13. The van der Waals surface area contributed by atoms with Gasteiger partial charge in [0.05, 0.1) is 5.69 Å². The molecule has 0 saturated carbocycles. The van der Waals surface area contributed by atoms with Crippen LogP contribution in [-0.4, -0.2) is 4.98 Å². The number of hydrogen-bond acceptors (Lipinski definition) is 3. The summed E-state index contributed by atoms with van der Waals surface area (Å²) in [4.78, 5) is 4.43. The Labute approximate surface area is 149 Å². The zero-order valence-electron chi connectivity index (χ0n) is 13.5. The summed E-state index contributed by atoms with van der Waals surface area (Å²) in [7, 11) is 0. The fraction of sp³-hybridized carbons (Fsp3) is 0.100. The molecule has 0 unspecified atom stereocenters. The van der Waals surface area contributed by atoms with E-state index >= 15 is 0 Å². The Morgan fingerprint density at radius 2 is 1.75 bits per heavy atom. The van der Waals surface area contributed by atoms with Gasteiger partial charge < -0.3 is 5.73 Å². The summed E-state index contributed by atoms with van der Waals surface area (Å²) in [6.45, 7) is 4.09. The highest BCUT2D eigenvalue weighted by Gasteiger charge is 2.15. The molecule has 0 aliphatic heterocycles. The van der Waals surface area contributed by atoms with Gasteiger partial charge in [0.2, 0.25) is 0 Å². The number of pyridine rings is 1. The summed E-state index contributed by atoms with van der Waals surface area (Å²) < 4.78 is 0.938. The smallest absolute Gasteiger partial charge is 0.142 e. The first-order valence-electron chi connectivity index (χ1n) is 7.54. The summed E-state index contributed by atoms with van der Waals surface area (Å²) >= 11 is 3.55. The molecule has 2 aromatic carbocycles. The first-order valence-corrected chi connectivity index (χ1v) is 8.33. The number of nitrogen functional groups attached to an aromatic ring is 1. The lowest BCUT2D eigenvalue weighted by molar-refractivity contribution is 1.30. The molecule has 0 aliphatic carbocycles. The maximum absolute atomic E-state index is 9.54. The molecule has 0 amide bonds. The van der Waals surface area contributed by atoms with E-state index in [-0.39, 0.29) is 5.82 Å². The second kappa shape index (κ2) is 6.46. The molecule has 0 bridgehead atoms. The number of aryl methyl sites for hydroxylation is 2. The molecular weight excluding hydrogens is 362 g/mol. The number of benzene rings is 2. The van der Waals surface area contributed by atoms with Gasteiger partial charge in [0.1, 0.15) is 17.5 Å².